The Morgan fingerprint density at radius 1 is 1.29 bits per heavy atom. The van der Waals surface area contributed by atoms with Gasteiger partial charge in [0, 0.05) is 6.54 Å². The molecule has 0 aliphatic carbocycles. The first-order chi connectivity index (χ1) is 11.3. The molecule has 1 amide bonds. The number of piperidine rings is 1. The van der Waals surface area contributed by atoms with Crippen molar-refractivity contribution in [2.75, 3.05) is 19.6 Å². The summed E-state index contributed by atoms with van der Waals surface area (Å²) < 4.78 is 22.4. The molecule has 134 valence electrons. The molecule has 0 unspecified atom stereocenters. The van der Waals surface area contributed by atoms with Crippen molar-refractivity contribution in [3.8, 4) is 0 Å². The van der Waals surface area contributed by atoms with E-state index in [2.05, 4.69) is 17.1 Å². The van der Waals surface area contributed by atoms with Gasteiger partial charge in [0.25, 0.3) is 0 Å². The van der Waals surface area contributed by atoms with E-state index >= 15 is 0 Å². The highest BCUT2D eigenvalue weighted by Gasteiger charge is 2.24. The third kappa shape index (κ3) is 5.29. The van der Waals surface area contributed by atoms with Crippen LogP contribution < -0.4 is 10.5 Å². The fourth-order valence-electron chi connectivity index (χ4n) is 2.91. The second-order valence-electron chi connectivity index (χ2n) is 6.62. The zero-order valence-corrected chi connectivity index (χ0v) is 15.2. The van der Waals surface area contributed by atoms with E-state index in [0.717, 1.165) is 37.4 Å². The average Bonchev–Trinajstić information content (AvgIpc) is 2.54. The molecular weight excluding hydrogens is 326 g/mol. The van der Waals surface area contributed by atoms with Crippen LogP contribution in [-0.2, 0) is 21.2 Å². The van der Waals surface area contributed by atoms with Crippen molar-refractivity contribution in [1.82, 2.24) is 10.2 Å². The maximum absolute atomic E-state index is 12.3. The molecule has 1 aromatic carbocycles. The topological polar surface area (TPSA) is 92.5 Å². The summed E-state index contributed by atoms with van der Waals surface area (Å²) in [7, 11) is -3.66. The Kier molecular flexibility index (Phi) is 6.37. The first-order valence-corrected chi connectivity index (χ1v) is 9.95. The third-order valence-corrected chi connectivity index (χ3v) is 5.64. The molecule has 1 aliphatic rings. The van der Waals surface area contributed by atoms with Crippen LogP contribution >= 0.6 is 0 Å². The van der Waals surface area contributed by atoms with Crippen molar-refractivity contribution in [2.24, 2.45) is 11.1 Å². The highest BCUT2D eigenvalue weighted by Crippen LogP contribution is 2.18. The van der Waals surface area contributed by atoms with Crippen LogP contribution in [0.5, 0.6) is 0 Å². The summed E-state index contributed by atoms with van der Waals surface area (Å²) in [6.07, 6.45) is 2.95. The highest BCUT2D eigenvalue weighted by atomic mass is 32.2. The number of nitrogens with one attached hydrogen (secondary N) is 1. The van der Waals surface area contributed by atoms with E-state index in [1.807, 2.05) is 6.92 Å². The van der Waals surface area contributed by atoms with Crippen molar-refractivity contribution in [1.29, 1.82) is 0 Å². The maximum Gasteiger partial charge on any atom is 0.238 e. The van der Waals surface area contributed by atoms with Gasteiger partial charge in [0.1, 0.15) is 0 Å². The van der Waals surface area contributed by atoms with Gasteiger partial charge in [-0.1, -0.05) is 19.1 Å². The van der Waals surface area contributed by atoms with Gasteiger partial charge < -0.3 is 5.32 Å². The van der Waals surface area contributed by atoms with E-state index in [9.17, 15) is 13.2 Å². The number of nitrogens with zero attached hydrogens (tertiary/aromatic N) is 1. The lowest BCUT2D eigenvalue weighted by atomic mass is 9.98. The minimum Gasteiger partial charge on any atom is -0.354 e. The van der Waals surface area contributed by atoms with Crippen LogP contribution in [0.1, 0.15) is 32.3 Å². The summed E-state index contributed by atoms with van der Waals surface area (Å²) in [5.74, 6) is 0.794. The Hall–Kier alpha value is -1.44. The maximum atomic E-state index is 12.3. The Labute approximate surface area is 144 Å². The number of benzene rings is 1. The summed E-state index contributed by atoms with van der Waals surface area (Å²) in [4.78, 5) is 14.6. The molecule has 0 radical (unpaired) electrons. The summed E-state index contributed by atoms with van der Waals surface area (Å²) >= 11 is 0. The van der Waals surface area contributed by atoms with Gasteiger partial charge in [0.05, 0.1) is 10.9 Å². The third-order valence-electron chi connectivity index (χ3n) is 4.71. The Bertz CT molecular complexity index is 650. The molecule has 0 aromatic heterocycles. The summed E-state index contributed by atoms with van der Waals surface area (Å²) in [5, 5.41) is 8.03. The average molecular weight is 353 g/mol. The van der Waals surface area contributed by atoms with Gasteiger partial charge in [-0.3, -0.25) is 9.69 Å². The number of rotatable bonds is 6. The number of carbonyl (C=O) groups is 1. The number of sulfonamides is 1. The lowest BCUT2D eigenvalue weighted by Gasteiger charge is -2.34. The molecule has 1 aliphatic heterocycles. The van der Waals surface area contributed by atoms with E-state index in [4.69, 9.17) is 5.14 Å². The molecular formula is C17H27N3O3S. The molecule has 24 heavy (non-hydrogen) atoms. The number of amides is 1. The molecule has 1 atom stereocenters. The second kappa shape index (κ2) is 8.09. The van der Waals surface area contributed by atoms with Crippen LogP contribution in [-0.4, -0.2) is 44.9 Å². The molecule has 0 bridgehead atoms. The number of hydrogen-bond acceptors (Lipinski definition) is 4. The van der Waals surface area contributed by atoms with Crippen LogP contribution in [0, 0.1) is 5.92 Å². The standard InChI is InChI=1S/C17H27N3O3S/c1-13-8-11-20(12-9-13)14(2)17(21)19-10-7-15-3-5-16(6-4-15)24(18,22)23/h3-6,13-14H,7-12H2,1-2H3,(H,19,21)(H2,18,22,23)/t14-/m0/s1. The molecule has 0 spiro atoms. The predicted octanol–water partition coefficient (Wildman–Crippen LogP) is 1.11. The quantitative estimate of drug-likeness (QED) is 0.801. The van der Waals surface area contributed by atoms with Crippen LogP contribution in [0.2, 0.25) is 0 Å². The van der Waals surface area contributed by atoms with Crippen molar-refractivity contribution in [3.63, 3.8) is 0 Å². The Morgan fingerprint density at radius 3 is 2.42 bits per heavy atom. The first-order valence-electron chi connectivity index (χ1n) is 8.41. The van der Waals surface area contributed by atoms with E-state index in [0.29, 0.717) is 13.0 Å². The van der Waals surface area contributed by atoms with E-state index < -0.39 is 10.0 Å². The monoisotopic (exact) mass is 353 g/mol. The molecule has 3 N–H and O–H groups in total. The smallest absolute Gasteiger partial charge is 0.238 e. The zero-order valence-electron chi connectivity index (χ0n) is 14.4. The second-order valence-corrected chi connectivity index (χ2v) is 8.19. The van der Waals surface area contributed by atoms with Gasteiger partial charge >= 0.3 is 0 Å². The van der Waals surface area contributed by atoms with Crippen LogP contribution in [0.25, 0.3) is 0 Å². The minimum absolute atomic E-state index is 0.0470. The van der Waals surface area contributed by atoms with E-state index in [1.165, 1.54) is 12.1 Å². The normalized spacial score (nSPS) is 18.3. The highest BCUT2D eigenvalue weighted by molar-refractivity contribution is 7.89. The largest absolute Gasteiger partial charge is 0.354 e. The molecule has 6 nitrogen and oxygen atoms in total. The van der Waals surface area contributed by atoms with Crippen molar-refractivity contribution in [3.05, 3.63) is 29.8 Å². The molecule has 1 saturated heterocycles. The predicted molar refractivity (Wildman–Crippen MR) is 94.0 cm³/mol. The number of hydrogen-bond donors (Lipinski definition) is 2. The summed E-state index contributed by atoms with van der Waals surface area (Å²) in [6.45, 7) is 6.69. The Morgan fingerprint density at radius 2 is 1.88 bits per heavy atom. The van der Waals surface area contributed by atoms with Gasteiger partial charge in [0.15, 0.2) is 0 Å². The lowest BCUT2D eigenvalue weighted by molar-refractivity contribution is -0.126. The molecule has 2 rings (SSSR count). The van der Waals surface area contributed by atoms with E-state index in [-0.39, 0.29) is 16.8 Å². The number of primary sulfonamides is 1. The minimum atomic E-state index is -3.66. The Balaban J connectivity index is 1.78. The van der Waals surface area contributed by atoms with Gasteiger partial charge in [-0.25, -0.2) is 13.6 Å². The van der Waals surface area contributed by atoms with Gasteiger partial charge in [-0.15, -0.1) is 0 Å². The van der Waals surface area contributed by atoms with Crippen molar-refractivity contribution >= 4 is 15.9 Å². The first kappa shape index (κ1) is 18.9. The van der Waals surface area contributed by atoms with Crippen molar-refractivity contribution < 1.29 is 13.2 Å². The molecule has 0 saturated carbocycles. The molecule has 1 heterocycles. The summed E-state index contributed by atoms with van der Waals surface area (Å²) in [5.41, 5.74) is 0.960. The van der Waals surface area contributed by atoms with Crippen LogP contribution in [0.3, 0.4) is 0 Å². The number of carbonyl (C=O) groups excluding carboxylic acids is 1. The van der Waals surface area contributed by atoms with Crippen LogP contribution in [0.4, 0.5) is 0 Å². The lowest BCUT2D eigenvalue weighted by Crippen LogP contribution is -2.48. The van der Waals surface area contributed by atoms with E-state index in [1.54, 1.807) is 12.1 Å². The SMILES string of the molecule is CC1CCN([C@@H](C)C(=O)NCCc2ccc(S(N)(=O)=O)cc2)CC1. The molecule has 1 aromatic rings. The van der Waals surface area contributed by atoms with Gasteiger partial charge in [-0.05, 0) is 62.9 Å². The fourth-order valence-corrected chi connectivity index (χ4v) is 3.42. The van der Waals surface area contributed by atoms with Crippen molar-refractivity contribution in [2.45, 2.75) is 44.0 Å². The fraction of sp³-hybridized carbons (Fsp3) is 0.588. The number of nitrogens with two attached hydrogens (primary N) is 1. The summed E-state index contributed by atoms with van der Waals surface area (Å²) in [6, 6.07) is 6.32. The van der Waals surface area contributed by atoms with Gasteiger partial charge in [-0.2, -0.15) is 0 Å². The molecule has 1 fully saturated rings. The number of likely N-dealkylation sites (tertiary alicyclic amines) is 1. The zero-order chi connectivity index (χ0) is 17.7. The molecule has 7 heteroatoms. The van der Waals surface area contributed by atoms with Gasteiger partial charge in [0.2, 0.25) is 15.9 Å². The van der Waals surface area contributed by atoms with Crippen LogP contribution in [0.15, 0.2) is 29.2 Å².